The summed E-state index contributed by atoms with van der Waals surface area (Å²) in [5.41, 5.74) is 1.72. The van der Waals surface area contributed by atoms with E-state index in [9.17, 15) is 4.79 Å². The molecular formula is C16H10BrNO2. The molecule has 0 radical (unpaired) electrons. The van der Waals surface area contributed by atoms with E-state index in [1.807, 2.05) is 48.5 Å². The summed E-state index contributed by atoms with van der Waals surface area (Å²) in [5, 5.41) is 2.13. The molecule has 0 spiro atoms. The molecule has 0 saturated carbocycles. The number of nitrogens with zero attached hydrogens (tertiary/aromatic N) is 1. The van der Waals surface area contributed by atoms with Crippen LogP contribution >= 0.6 is 15.9 Å². The Labute approximate surface area is 123 Å². The van der Waals surface area contributed by atoms with Crippen molar-refractivity contribution in [3.63, 3.8) is 0 Å². The summed E-state index contributed by atoms with van der Waals surface area (Å²) >= 11 is 3.28. The number of anilines is 1. The van der Waals surface area contributed by atoms with Crippen LogP contribution in [0.4, 0.5) is 5.69 Å². The maximum Gasteiger partial charge on any atom is 0.259 e. The van der Waals surface area contributed by atoms with Crippen molar-refractivity contribution in [3.05, 3.63) is 64.5 Å². The highest BCUT2D eigenvalue weighted by molar-refractivity contribution is 9.10. The third-order valence-corrected chi connectivity index (χ3v) is 4.02. The SMILES string of the molecule is O=C1c2cccc3cccc(c23)N1Cc1ccc(Br)o1. The third kappa shape index (κ3) is 1.61. The van der Waals surface area contributed by atoms with Crippen LogP contribution in [-0.2, 0) is 6.54 Å². The van der Waals surface area contributed by atoms with Crippen molar-refractivity contribution < 1.29 is 9.21 Å². The largest absolute Gasteiger partial charge is 0.452 e. The van der Waals surface area contributed by atoms with Crippen LogP contribution in [0.3, 0.4) is 0 Å². The van der Waals surface area contributed by atoms with Crippen LogP contribution in [0, 0.1) is 0 Å². The van der Waals surface area contributed by atoms with Crippen molar-refractivity contribution in [2.24, 2.45) is 0 Å². The normalized spacial score (nSPS) is 13.4. The predicted octanol–water partition coefficient (Wildman–Crippen LogP) is 4.36. The second kappa shape index (κ2) is 4.21. The van der Waals surface area contributed by atoms with Gasteiger partial charge >= 0.3 is 0 Å². The van der Waals surface area contributed by atoms with Gasteiger partial charge in [-0.1, -0.05) is 24.3 Å². The van der Waals surface area contributed by atoms with Crippen LogP contribution in [0.5, 0.6) is 0 Å². The number of benzene rings is 2. The molecule has 4 heteroatoms. The fourth-order valence-corrected chi connectivity index (χ4v) is 3.07. The Morgan fingerprint density at radius 2 is 1.85 bits per heavy atom. The molecule has 3 aromatic rings. The van der Waals surface area contributed by atoms with Gasteiger partial charge in [-0.25, -0.2) is 0 Å². The van der Waals surface area contributed by atoms with Gasteiger partial charge in [0, 0.05) is 10.9 Å². The fraction of sp³-hybridized carbons (Fsp3) is 0.0625. The Morgan fingerprint density at radius 3 is 2.60 bits per heavy atom. The summed E-state index contributed by atoms with van der Waals surface area (Å²) in [6.07, 6.45) is 0. The van der Waals surface area contributed by atoms with Gasteiger partial charge < -0.3 is 9.32 Å². The molecule has 0 aliphatic carbocycles. The molecule has 98 valence electrons. The number of hydrogen-bond acceptors (Lipinski definition) is 2. The zero-order valence-corrected chi connectivity index (χ0v) is 12.1. The molecule has 0 atom stereocenters. The van der Waals surface area contributed by atoms with Crippen LogP contribution in [0.15, 0.2) is 57.6 Å². The van der Waals surface area contributed by atoms with E-state index < -0.39 is 0 Å². The Bertz CT molecular complexity index is 832. The molecule has 1 aliphatic heterocycles. The van der Waals surface area contributed by atoms with Crippen molar-refractivity contribution in [1.29, 1.82) is 0 Å². The Hall–Kier alpha value is -2.07. The first-order valence-electron chi connectivity index (χ1n) is 6.32. The zero-order valence-electron chi connectivity index (χ0n) is 10.5. The van der Waals surface area contributed by atoms with Gasteiger partial charge in [0.05, 0.1) is 12.2 Å². The average Bonchev–Trinajstić information content (AvgIpc) is 2.98. The quantitative estimate of drug-likeness (QED) is 0.700. The topological polar surface area (TPSA) is 33.5 Å². The maximum atomic E-state index is 12.6. The van der Waals surface area contributed by atoms with Gasteiger partial charge in [-0.2, -0.15) is 0 Å². The molecular weight excluding hydrogens is 318 g/mol. The van der Waals surface area contributed by atoms with Crippen molar-refractivity contribution in [1.82, 2.24) is 0 Å². The van der Waals surface area contributed by atoms with E-state index in [1.165, 1.54) is 0 Å². The lowest BCUT2D eigenvalue weighted by Crippen LogP contribution is -2.25. The van der Waals surface area contributed by atoms with Gasteiger partial charge in [0.1, 0.15) is 5.76 Å². The minimum absolute atomic E-state index is 0.0318. The molecule has 0 fully saturated rings. The maximum absolute atomic E-state index is 12.6. The number of furan rings is 1. The van der Waals surface area contributed by atoms with Crippen LogP contribution in [-0.4, -0.2) is 5.91 Å². The molecule has 1 amide bonds. The van der Waals surface area contributed by atoms with Crippen molar-refractivity contribution in [2.45, 2.75) is 6.54 Å². The van der Waals surface area contributed by atoms with Gasteiger partial charge in [-0.05, 0) is 45.6 Å². The third-order valence-electron chi connectivity index (χ3n) is 3.59. The molecule has 0 bridgehead atoms. The first-order valence-corrected chi connectivity index (χ1v) is 7.11. The molecule has 1 aliphatic rings. The fourth-order valence-electron chi connectivity index (χ4n) is 2.73. The number of hydrogen-bond donors (Lipinski definition) is 0. The summed E-state index contributed by atoms with van der Waals surface area (Å²) < 4.78 is 6.19. The molecule has 2 heterocycles. The van der Waals surface area contributed by atoms with Crippen molar-refractivity contribution in [3.8, 4) is 0 Å². The zero-order chi connectivity index (χ0) is 13.7. The number of amides is 1. The van der Waals surface area contributed by atoms with Gasteiger partial charge in [-0.3, -0.25) is 4.79 Å². The lowest BCUT2D eigenvalue weighted by Gasteiger charge is -2.15. The molecule has 3 nitrogen and oxygen atoms in total. The lowest BCUT2D eigenvalue weighted by atomic mass is 10.1. The number of carbonyl (C=O) groups excluding carboxylic acids is 1. The molecule has 0 unspecified atom stereocenters. The smallest absolute Gasteiger partial charge is 0.259 e. The van der Waals surface area contributed by atoms with E-state index in [0.29, 0.717) is 11.2 Å². The standard InChI is InChI=1S/C16H10BrNO2/c17-14-8-7-11(20-14)9-18-13-6-2-4-10-3-1-5-12(15(10)13)16(18)19/h1-8H,9H2. The molecule has 0 N–H and O–H groups in total. The van der Waals surface area contributed by atoms with Crippen LogP contribution in [0.1, 0.15) is 16.1 Å². The first kappa shape index (κ1) is 11.7. The van der Waals surface area contributed by atoms with Gasteiger partial charge in [-0.15, -0.1) is 0 Å². The van der Waals surface area contributed by atoms with Gasteiger partial charge in [0.15, 0.2) is 4.67 Å². The highest BCUT2D eigenvalue weighted by Gasteiger charge is 2.29. The van der Waals surface area contributed by atoms with Crippen LogP contribution in [0.2, 0.25) is 0 Å². The lowest BCUT2D eigenvalue weighted by molar-refractivity contribution is 0.0989. The van der Waals surface area contributed by atoms with E-state index in [2.05, 4.69) is 15.9 Å². The monoisotopic (exact) mass is 327 g/mol. The predicted molar refractivity (Wildman–Crippen MR) is 80.9 cm³/mol. The average molecular weight is 328 g/mol. The second-order valence-electron chi connectivity index (χ2n) is 4.78. The Morgan fingerprint density at radius 1 is 1.05 bits per heavy atom. The van der Waals surface area contributed by atoms with E-state index >= 15 is 0 Å². The summed E-state index contributed by atoms with van der Waals surface area (Å²) in [7, 11) is 0. The minimum atomic E-state index is 0.0318. The molecule has 4 rings (SSSR count). The van der Waals surface area contributed by atoms with Gasteiger partial charge in [0.2, 0.25) is 0 Å². The summed E-state index contributed by atoms with van der Waals surface area (Å²) in [4.78, 5) is 14.3. The Kier molecular flexibility index (Phi) is 2.47. The van der Waals surface area contributed by atoms with Crippen molar-refractivity contribution in [2.75, 3.05) is 4.90 Å². The van der Waals surface area contributed by atoms with Gasteiger partial charge in [0.25, 0.3) is 5.91 Å². The number of halogens is 1. The Balaban J connectivity index is 1.84. The van der Waals surface area contributed by atoms with Crippen molar-refractivity contribution >= 4 is 38.3 Å². The number of rotatable bonds is 2. The summed E-state index contributed by atoms with van der Waals surface area (Å²) in [6.45, 7) is 0.443. The number of carbonyl (C=O) groups is 1. The summed E-state index contributed by atoms with van der Waals surface area (Å²) in [6, 6.07) is 15.5. The van der Waals surface area contributed by atoms with E-state index in [-0.39, 0.29) is 5.91 Å². The molecule has 2 aromatic carbocycles. The van der Waals surface area contributed by atoms with E-state index in [1.54, 1.807) is 4.90 Å². The minimum Gasteiger partial charge on any atom is -0.452 e. The van der Waals surface area contributed by atoms with Crippen LogP contribution < -0.4 is 4.90 Å². The second-order valence-corrected chi connectivity index (χ2v) is 5.56. The van der Waals surface area contributed by atoms with Crippen LogP contribution in [0.25, 0.3) is 10.8 Å². The first-order chi connectivity index (χ1) is 9.74. The molecule has 0 saturated heterocycles. The van der Waals surface area contributed by atoms with E-state index in [0.717, 1.165) is 27.8 Å². The summed E-state index contributed by atoms with van der Waals surface area (Å²) in [5.74, 6) is 0.791. The molecule has 20 heavy (non-hydrogen) atoms. The highest BCUT2D eigenvalue weighted by Crippen LogP contribution is 2.38. The highest BCUT2D eigenvalue weighted by atomic mass is 79.9. The van der Waals surface area contributed by atoms with E-state index in [4.69, 9.17) is 4.42 Å². The molecule has 1 aromatic heterocycles.